The van der Waals surface area contributed by atoms with Gasteiger partial charge in [-0.3, -0.25) is 0 Å². The molecule has 0 spiro atoms. The smallest absolute Gasteiger partial charge is 0.119 e. The Labute approximate surface area is 77.1 Å². The van der Waals surface area contributed by atoms with Gasteiger partial charge in [-0.15, -0.1) is 0 Å². The lowest BCUT2D eigenvalue weighted by molar-refractivity contribution is 0.159. The molecule has 0 aromatic heterocycles. The number of rotatable bonds is 1. The summed E-state index contributed by atoms with van der Waals surface area (Å²) in [5, 5.41) is 9.69. The van der Waals surface area contributed by atoms with Crippen LogP contribution in [-0.4, -0.2) is 18.3 Å². The molecule has 0 radical (unpaired) electrons. The lowest BCUT2D eigenvalue weighted by atomic mass is 10.1. The fourth-order valence-electron chi connectivity index (χ4n) is 1.76. The van der Waals surface area contributed by atoms with Gasteiger partial charge in [-0.2, -0.15) is 0 Å². The van der Waals surface area contributed by atoms with E-state index in [1.807, 2.05) is 18.2 Å². The maximum Gasteiger partial charge on any atom is 0.119 e. The van der Waals surface area contributed by atoms with E-state index >= 15 is 0 Å². The van der Waals surface area contributed by atoms with E-state index in [9.17, 15) is 5.11 Å². The van der Waals surface area contributed by atoms with Crippen molar-refractivity contribution >= 4 is 0 Å². The Morgan fingerprint density at radius 3 is 3.00 bits per heavy atom. The number of hydrogen-bond acceptors (Lipinski definition) is 3. The monoisotopic (exact) mass is 179 g/mol. The van der Waals surface area contributed by atoms with Crippen LogP contribution in [0.15, 0.2) is 18.2 Å². The number of aliphatic hydroxyl groups is 1. The molecule has 2 atom stereocenters. The number of benzene rings is 1. The topological polar surface area (TPSA) is 55.5 Å². The highest BCUT2D eigenvalue weighted by Gasteiger charge is 2.28. The Kier molecular flexibility index (Phi) is 1.98. The molecule has 1 aliphatic carbocycles. The summed E-state index contributed by atoms with van der Waals surface area (Å²) in [6.45, 7) is 0. The van der Waals surface area contributed by atoms with Crippen LogP contribution in [0.3, 0.4) is 0 Å². The molecular formula is C10H13NO2. The lowest BCUT2D eigenvalue weighted by Crippen LogP contribution is -2.24. The van der Waals surface area contributed by atoms with Crippen molar-refractivity contribution in [2.45, 2.75) is 18.6 Å². The molecule has 0 unspecified atom stereocenters. The molecule has 0 fully saturated rings. The van der Waals surface area contributed by atoms with Gasteiger partial charge in [0.1, 0.15) is 5.75 Å². The second-order valence-electron chi connectivity index (χ2n) is 3.38. The highest BCUT2D eigenvalue weighted by molar-refractivity contribution is 5.41. The number of nitrogens with two attached hydrogens (primary N) is 1. The van der Waals surface area contributed by atoms with E-state index < -0.39 is 6.10 Å². The predicted octanol–water partition coefficient (Wildman–Crippen LogP) is 0.612. The van der Waals surface area contributed by atoms with Crippen LogP contribution in [0.25, 0.3) is 0 Å². The van der Waals surface area contributed by atoms with E-state index in [2.05, 4.69) is 0 Å². The summed E-state index contributed by atoms with van der Waals surface area (Å²) in [4.78, 5) is 0. The summed E-state index contributed by atoms with van der Waals surface area (Å²) in [7, 11) is 1.61. The molecule has 3 nitrogen and oxygen atoms in total. The molecule has 2 rings (SSSR count). The zero-order chi connectivity index (χ0) is 9.42. The van der Waals surface area contributed by atoms with Crippen LogP contribution < -0.4 is 10.5 Å². The van der Waals surface area contributed by atoms with Gasteiger partial charge in [-0.25, -0.2) is 0 Å². The minimum atomic E-state index is -0.537. The summed E-state index contributed by atoms with van der Waals surface area (Å²) in [5.74, 6) is 0.770. The van der Waals surface area contributed by atoms with Crippen molar-refractivity contribution in [1.82, 2.24) is 0 Å². The zero-order valence-electron chi connectivity index (χ0n) is 7.53. The van der Waals surface area contributed by atoms with Gasteiger partial charge >= 0.3 is 0 Å². The molecule has 1 aliphatic rings. The molecule has 0 aliphatic heterocycles. The van der Waals surface area contributed by atoms with Crippen molar-refractivity contribution in [2.24, 2.45) is 5.73 Å². The van der Waals surface area contributed by atoms with Gasteiger partial charge < -0.3 is 15.6 Å². The number of methoxy groups -OCH3 is 1. The first kappa shape index (κ1) is 8.53. The molecule has 13 heavy (non-hydrogen) atoms. The second kappa shape index (κ2) is 3.01. The summed E-state index contributed by atoms with van der Waals surface area (Å²) < 4.78 is 5.07. The van der Waals surface area contributed by atoms with Gasteiger partial charge in [0.05, 0.1) is 13.2 Å². The van der Waals surface area contributed by atoms with E-state index in [0.29, 0.717) is 0 Å². The number of ether oxygens (including phenoxy) is 1. The van der Waals surface area contributed by atoms with E-state index in [1.165, 1.54) is 0 Å². The Bertz CT molecular complexity index is 325. The van der Waals surface area contributed by atoms with Gasteiger partial charge in [0.15, 0.2) is 0 Å². The van der Waals surface area contributed by atoms with Crippen LogP contribution in [0.4, 0.5) is 0 Å². The van der Waals surface area contributed by atoms with Crippen molar-refractivity contribution in [1.29, 1.82) is 0 Å². The van der Waals surface area contributed by atoms with Crippen LogP contribution in [0.1, 0.15) is 17.2 Å². The molecule has 0 heterocycles. The molecule has 3 N–H and O–H groups in total. The normalized spacial score (nSPS) is 25.8. The van der Waals surface area contributed by atoms with Gasteiger partial charge in [0.2, 0.25) is 0 Å². The second-order valence-corrected chi connectivity index (χ2v) is 3.38. The van der Waals surface area contributed by atoms with E-state index in [0.717, 1.165) is 23.3 Å². The molecule has 0 bridgehead atoms. The van der Waals surface area contributed by atoms with Gasteiger partial charge in [0, 0.05) is 6.04 Å². The zero-order valence-corrected chi connectivity index (χ0v) is 7.53. The van der Waals surface area contributed by atoms with Crippen LogP contribution in [0, 0.1) is 0 Å². The first-order valence-corrected chi connectivity index (χ1v) is 4.33. The fourth-order valence-corrected chi connectivity index (χ4v) is 1.76. The van der Waals surface area contributed by atoms with Crippen molar-refractivity contribution in [3.8, 4) is 5.75 Å². The van der Waals surface area contributed by atoms with Gasteiger partial charge in [0.25, 0.3) is 0 Å². The van der Waals surface area contributed by atoms with Crippen molar-refractivity contribution in [3.05, 3.63) is 29.3 Å². The molecule has 0 saturated heterocycles. The fraction of sp³-hybridized carbons (Fsp3) is 0.400. The third kappa shape index (κ3) is 1.30. The van der Waals surface area contributed by atoms with Crippen molar-refractivity contribution in [3.63, 3.8) is 0 Å². The van der Waals surface area contributed by atoms with Crippen LogP contribution in [-0.2, 0) is 6.42 Å². The average molecular weight is 179 g/mol. The number of aliphatic hydroxyl groups excluding tert-OH is 1. The maximum absolute atomic E-state index is 9.69. The van der Waals surface area contributed by atoms with E-state index in [4.69, 9.17) is 10.5 Å². The standard InChI is InChI=1S/C10H13NO2/c1-13-7-3-2-6-4-9(11)10(12)8(6)5-7/h2-3,5,9-10,12H,4,11H2,1H3/t9-,10-/m0/s1. The SMILES string of the molecule is COc1ccc2c(c1)[C@H](O)[C@@H](N)C2. The summed E-state index contributed by atoms with van der Waals surface area (Å²) in [6.07, 6.45) is 0.214. The van der Waals surface area contributed by atoms with E-state index in [1.54, 1.807) is 7.11 Å². The third-order valence-corrected chi connectivity index (χ3v) is 2.53. The van der Waals surface area contributed by atoms with Crippen LogP contribution >= 0.6 is 0 Å². The number of hydrogen-bond donors (Lipinski definition) is 2. The average Bonchev–Trinajstić information content (AvgIpc) is 2.43. The summed E-state index contributed by atoms with van der Waals surface area (Å²) >= 11 is 0. The Hall–Kier alpha value is -1.06. The molecule has 1 aromatic rings. The largest absolute Gasteiger partial charge is 0.497 e. The Morgan fingerprint density at radius 2 is 2.31 bits per heavy atom. The minimum absolute atomic E-state index is 0.165. The van der Waals surface area contributed by atoms with Crippen LogP contribution in [0.5, 0.6) is 5.75 Å². The van der Waals surface area contributed by atoms with Crippen LogP contribution in [0.2, 0.25) is 0 Å². The molecule has 70 valence electrons. The maximum atomic E-state index is 9.69. The van der Waals surface area contributed by atoms with Gasteiger partial charge in [-0.05, 0) is 29.7 Å². The first-order chi connectivity index (χ1) is 6.22. The summed E-state index contributed by atoms with van der Waals surface area (Å²) in [6, 6.07) is 5.54. The third-order valence-electron chi connectivity index (χ3n) is 2.53. The highest BCUT2D eigenvalue weighted by Crippen LogP contribution is 2.32. The minimum Gasteiger partial charge on any atom is -0.497 e. The number of fused-ring (bicyclic) bond motifs is 1. The summed E-state index contributed by atoms with van der Waals surface area (Å²) in [5.41, 5.74) is 7.76. The predicted molar refractivity (Wildman–Crippen MR) is 49.6 cm³/mol. The lowest BCUT2D eigenvalue weighted by Gasteiger charge is -2.09. The first-order valence-electron chi connectivity index (χ1n) is 4.33. The quantitative estimate of drug-likeness (QED) is 0.664. The highest BCUT2D eigenvalue weighted by atomic mass is 16.5. The van der Waals surface area contributed by atoms with Crippen molar-refractivity contribution < 1.29 is 9.84 Å². The van der Waals surface area contributed by atoms with Crippen molar-refractivity contribution in [2.75, 3.05) is 7.11 Å². The molecule has 1 aromatic carbocycles. The van der Waals surface area contributed by atoms with Gasteiger partial charge in [-0.1, -0.05) is 6.07 Å². The Morgan fingerprint density at radius 1 is 1.54 bits per heavy atom. The molecular weight excluding hydrogens is 166 g/mol. The Balaban J connectivity index is 2.42. The van der Waals surface area contributed by atoms with E-state index in [-0.39, 0.29) is 6.04 Å². The molecule has 0 saturated carbocycles. The molecule has 3 heteroatoms. The molecule has 0 amide bonds.